The number of carbonyl (C=O) groups is 1. The Balaban J connectivity index is 2.27. The number of hydrogen-bond donors (Lipinski definition) is 2. The molecule has 0 aliphatic carbocycles. The topological polar surface area (TPSA) is 75.8 Å². The number of rotatable bonds is 4. The van der Waals surface area contributed by atoms with Gasteiger partial charge in [-0.05, 0) is 19.3 Å². The van der Waals surface area contributed by atoms with E-state index in [1.54, 1.807) is 4.90 Å². The number of piperidine rings is 1. The molecular weight excluding hydrogens is 208 g/mol. The summed E-state index contributed by atoms with van der Waals surface area (Å²) in [7, 11) is 0. The van der Waals surface area contributed by atoms with Crippen LogP contribution in [0.5, 0.6) is 0 Å². The van der Waals surface area contributed by atoms with E-state index in [2.05, 4.69) is 6.92 Å². The highest BCUT2D eigenvalue weighted by Crippen LogP contribution is 2.21. The van der Waals surface area contributed by atoms with Crippen LogP contribution in [-0.2, 0) is 4.74 Å². The van der Waals surface area contributed by atoms with Crippen molar-refractivity contribution >= 4 is 6.09 Å². The number of nitrogens with two attached hydrogens (primary N) is 1. The van der Waals surface area contributed by atoms with Crippen LogP contribution in [0, 0.1) is 0 Å². The first kappa shape index (κ1) is 13.3. The summed E-state index contributed by atoms with van der Waals surface area (Å²) >= 11 is 0. The Labute approximate surface area is 96.6 Å². The second-order valence-electron chi connectivity index (χ2n) is 4.38. The molecule has 1 saturated heterocycles. The molecule has 16 heavy (non-hydrogen) atoms. The number of ether oxygens (including phenoxy) is 1. The molecule has 0 aromatic carbocycles. The number of likely N-dealkylation sites (tertiary alicyclic amines) is 1. The van der Waals surface area contributed by atoms with Crippen LogP contribution >= 0.6 is 0 Å². The summed E-state index contributed by atoms with van der Waals surface area (Å²) in [6.07, 6.45) is 2.71. The number of nitrogens with zero attached hydrogens (tertiary/aromatic N) is 1. The minimum Gasteiger partial charge on any atom is -0.449 e. The Morgan fingerprint density at radius 1 is 1.50 bits per heavy atom. The lowest BCUT2D eigenvalue weighted by atomic mass is 9.92. The number of carbonyl (C=O) groups excluding carboxylic acids is 1. The van der Waals surface area contributed by atoms with Gasteiger partial charge in [-0.3, -0.25) is 0 Å². The summed E-state index contributed by atoms with van der Waals surface area (Å²) in [4.78, 5) is 13.2. The van der Waals surface area contributed by atoms with Gasteiger partial charge in [-0.2, -0.15) is 0 Å². The molecule has 0 aromatic rings. The van der Waals surface area contributed by atoms with Crippen molar-refractivity contribution in [1.82, 2.24) is 4.90 Å². The SMILES string of the molecule is CCCCOC(=O)N1CCC(O)(CN)CC1. The number of hydrogen-bond acceptors (Lipinski definition) is 4. The molecule has 1 heterocycles. The maximum atomic E-state index is 11.6. The van der Waals surface area contributed by atoms with Crippen molar-refractivity contribution in [3.8, 4) is 0 Å². The van der Waals surface area contributed by atoms with E-state index in [-0.39, 0.29) is 12.6 Å². The van der Waals surface area contributed by atoms with Gasteiger partial charge in [0.15, 0.2) is 0 Å². The molecule has 1 aliphatic rings. The van der Waals surface area contributed by atoms with Gasteiger partial charge < -0.3 is 20.5 Å². The number of aliphatic hydroxyl groups is 1. The van der Waals surface area contributed by atoms with Crippen LogP contribution < -0.4 is 5.73 Å². The molecule has 0 radical (unpaired) electrons. The molecule has 0 saturated carbocycles. The fourth-order valence-corrected chi connectivity index (χ4v) is 1.70. The van der Waals surface area contributed by atoms with Gasteiger partial charge in [-0.1, -0.05) is 13.3 Å². The van der Waals surface area contributed by atoms with E-state index in [4.69, 9.17) is 10.5 Å². The maximum absolute atomic E-state index is 11.6. The fraction of sp³-hybridized carbons (Fsp3) is 0.909. The second kappa shape index (κ2) is 6.06. The third kappa shape index (κ3) is 3.64. The molecule has 1 amide bonds. The fourth-order valence-electron chi connectivity index (χ4n) is 1.70. The summed E-state index contributed by atoms with van der Waals surface area (Å²) in [5.74, 6) is 0. The average Bonchev–Trinajstić information content (AvgIpc) is 2.30. The lowest BCUT2D eigenvalue weighted by Gasteiger charge is -2.36. The lowest BCUT2D eigenvalue weighted by molar-refractivity contribution is -0.0133. The molecule has 0 aromatic heterocycles. The van der Waals surface area contributed by atoms with Gasteiger partial charge in [-0.25, -0.2) is 4.79 Å². The van der Waals surface area contributed by atoms with Gasteiger partial charge in [0.1, 0.15) is 0 Å². The largest absolute Gasteiger partial charge is 0.449 e. The molecular formula is C11H22N2O3. The van der Waals surface area contributed by atoms with E-state index >= 15 is 0 Å². The van der Waals surface area contributed by atoms with Gasteiger partial charge in [0.05, 0.1) is 12.2 Å². The van der Waals surface area contributed by atoms with Crippen molar-refractivity contribution in [1.29, 1.82) is 0 Å². The Morgan fingerprint density at radius 3 is 2.62 bits per heavy atom. The Kier molecular flexibility index (Phi) is 5.02. The van der Waals surface area contributed by atoms with Crippen molar-refractivity contribution in [2.75, 3.05) is 26.2 Å². The van der Waals surface area contributed by atoms with E-state index < -0.39 is 5.60 Å². The zero-order chi connectivity index (χ0) is 12.0. The number of amides is 1. The Morgan fingerprint density at radius 2 is 2.12 bits per heavy atom. The summed E-state index contributed by atoms with van der Waals surface area (Å²) < 4.78 is 5.10. The third-order valence-corrected chi connectivity index (χ3v) is 3.06. The minimum absolute atomic E-state index is 0.256. The van der Waals surface area contributed by atoms with Gasteiger partial charge >= 0.3 is 6.09 Å². The summed E-state index contributed by atoms with van der Waals surface area (Å²) in [5.41, 5.74) is 4.68. The zero-order valence-corrected chi connectivity index (χ0v) is 9.95. The lowest BCUT2D eigenvalue weighted by Crippen LogP contribution is -2.50. The molecule has 0 atom stereocenters. The van der Waals surface area contributed by atoms with E-state index in [1.165, 1.54) is 0 Å². The molecule has 5 heteroatoms. The molecule has 1 fully saturated rings. The van der Waals surface area contributed by atoms with Crippen LogP contribution in [0.3, 0.4) is 0 Å². The van der Waals surface area contributed by atoms with Gasteiger partial charge in [0.2, 0.25) is 0 Å². The van der Waals surface area contributed by atoms with Crippen LogP contribution in [0.2, 0.25) is 0 Å². The molecule has 94 valence electrons. The molecule has 1 aliphatic heterocycles. The molecule has 0 spiro atoms. The molecule has 0 bridgehead atoms. The van der Waals surface area contributed by atoms with Gasteiger partial charge in [0.25, 0.3) is 0 Å². The molecule has 1 rings (SSSR count). The predicted molar refractivity (Wildman–Crippen MR) is 61.1 cm³/mol. The molecule has 5 nitrogen and oxygen atoms in total. The average molecular weight is 230 g/mol. The molecule has 3 N–H and O–H groups in total. The first-order chi connectivity index (χ1) is 7.61. The quantitative estimate of drug-likeness (QED) is 0.697. The van der Waals surface area contributed by atoms with E-state index in [1.807, 2.05) is 0 Å². The standard InChI is InChI=1S/C11H22N2O3/c1-2-3-8-16-10(14)13-6-4-11(15,9-12)5-7-13/h15H,2-9,12H2,1H3. The minimum atomic E-state index is -0.791. The maximum Gasteiger partial charge on any atom is 0.409 e. The Bertz CT molecular complexity index is 225. The zero-order valence-electron chi connectivity index (χ0n) is 9.95. The van der Waals surface area contributed by atoms with E-state index in [0.717, 1.165) is 12.8 Å². The van der Waals surface area contributed by atoms with Crippen molar-refractivity contribution in [2.45, 2.75) is 38.2 Å². The van der Waals surface area contributed by atoms with Gasteiger partial charge in [-0.15, -0.1) is 0 Å². The van der Waals surface area contributed by atoms with E-state index in [0.29, 0.717) is 32.5 Å². The summed E-state index contributed by atoms with van der Waals surface area (Å²) in [6.45, 7) is 3.84. The smallest absolute Gasteiger partial charge is 0.409 e. The van der Waals surface area contributed by atoms with Crippen LogP contribution in [0.1, 0.15) is 32.6 Å². The predicted octanol–water partition coefficient (Wildman–Crippen LogP) is 0.709. The van der Waals surface area contributed by atoms with Crippen LogP contribution in [0.15, 0.2) is 0 Å². The van der Waals surface area contributed by atoms with Crippen LogP contribution in [0.25, 0.3) is 0 Å². The van der Waals surface area contributed by atoms with Crippen LogP contribution in [-0.4, -0.2) is 47.9 Å². The van der Waals surface area contributed by atoms with Gasteiger partial charge in [0, 0.05) is 19.6 Å². The van der Waals surface area contributed by atoms with Crippen LogP contribution in [0.4, 0.5) is 4.79 Å². The molecule has 0 unspecified atom stereocenters. The van der Waals surface area contributed by atoms with Crippen molar-refractivity contribution in [3.63, 3.8) is 0 Å². The first-order valence-corrected chi connectivity index (χ1v) is 5.95. The normalized spacial score (nSPS) is 19.6. The summed E-state index contributed by atoms with van der Waals surface area (Å²) in [6, 6.07) is 0. The number of unbranched alkanes of at least 4 members (excludes halogenated alkanes) is 1. The highest BCUT2D eigenvalue weighted by atomic mass is 16.6. The van der Waals surface area contributed by atoms with Crippen molar-refractivity contribution in [2.24, 2.45) is 5.73 Å². The monoisotopic (exact) mass is 230 g/mol. The Hall–Kier alpha value is -0.810. The van der Waals surface area contributed by atoms with E-state index in [9.17, 15) is 9.90 Å². The second-order valence-corrected chi connectivity index (χ2v) is 4.38. The van der Waals surface area contributed by atoms with Crippen molar-refractivity contribution < 1.29 is 14.6 Å². The third-order valence-electron chi connectivity index (χ3n) is 3.06. The summed E-state index contributed by atoms with van der Waals surface area (Å²) in [5, 5.41) is 9.89. The highest BCUT2D eigenvalue weighted by molar-refractivity contribution is 5.67. The first-order valence-electron chi connectivity index (χ1n) is 5.95. The highest BCUT2D eigenvalue weighted by Gasteiger charge is 2.32. The van der Waals surface area contributed by atoms with Crippen molar-refractivity contribution in [3.05, 3.63) is 0 Å².